The Morgan fingerprint density at radius 3 is 2.33 bits per heavy atom. The zero-order valence-electron chi connectivity index (χ0n) is 16.6. The molecule has 140 valence electrons. The molecule has 1 aliphatic heterocycles. The fraction of sp³-hybridized carbons (Fsp3) is 0.833. The topological polar surface area (TPSA) is 54.0 Å². The molecule has 24 heavy (non-hydrogen) atoms. The third-order valence-electron chi connectivity index (χ3n) is 4.89. The van der Waals surface area contributed by atoms with E-state index >= 15 is 0 Å². The van der Waals surface area contributed by atoms with Crippen molar-refractivity contribution >= 4 is 14.3 Å². The number of rotatable bonds is 6. The highest BCUT2D eigenvalue weighted by atomic mass is 28.4. The van der Waals surface area contributed by atoms with E-state index in [1.165, 1.54) is 13.2 Å². The van der Waals surface area contributed by atoms with Gasteiger partial charge in [0, 0.05) is 12.0 Å². The minimum Gasteiger partial charge on any atom is -0.466 e. The number of carbonyl (C=O) groups excluding carboxylic acids is 1. The Bertz CT molecular complexity index is 465. The van der Waals surface area contributed by atoms with Crippen molar-refractivity contribution in [3.63, 3.8) is 0 Å². The molecule has 1 rings (SSSR count). The maximum atomic E-state index is 11.4. The summed E-state index contributed by atoms with van der Waals surface area (Å²) in [5.41, 5.74) is 0. The van der Waals surface area contributed by atoms with Crippen LogP contribution in [0.4, 0.5) is 0 Å². The lowest BCUT2D eigenvalue weighted by atomic mass is 9.99. The molecule has 0 aromatic rings. The first kappa shape index (κ1) is 21.3. The lowest BCUT2D eigenvalue weighted by Crippen LogP contribution is -2.49. The number of carbonyl (C=O) groups is 1. The molecular formula is C18H34O5Si. The van der Waals surface area contributed by atoms with Gasteiger partial charge < -0.3 is 18.6 Å². The van der Waals surface area contributed by atoms with Crippen molar-refractivity contribution in [2.45, 2.75) is 77.7 Å². The van der Waals surface area contributed by atoms with Crippen LogP contribution in [0.15, 0.2) is 12.2 Å². The Balaban J connectivity index is 3.00. The van der Waals surface area contributed by atoms with E-state index in [2.05, 4.69) is 38.6 Å². The first-order valence-electron chi connectivity index (χ1n) is 8.55. The molecule has 0 unspecified atom stereocenters. The highest BCUT2D eigenvalue weighted by molar-refractivity contribution is 6.74. The SMILES string of the molecule is COC(=O)/C=C/[C@@H](C)[C@H](O[Si](C)(C)C(C)(C)C)[C@H]1COC(C)(C)O1. The number of methoxy groups -OCH3 is 1. The van der Waals surface area contributed by atoms with Gasteiger partial charge in [-0.15, -0.1) is 0 Å². The van der Waals surface area contributed by atoms with Crippen LogP contribution in [0.1, 0.15) is 41.5 Å². The summed E-state index contributed by atoms with van der Waals surface area (Å²) in [6.45, 7) is 17.4. The van der Waals surface area contributed by atoms with Crippen molar-refractivity contribution < 1.29 is 23.4 Å². The van der Waals surface area contributed by atoms with Gasteiger partial charge in [0.05, 0.1) is 19.8 Å². The molecule has 0 amide bonds. The molecule has 1 heterocycles. The molecule has 0 aromatic carbocycles. The fourth-order valence-corrected chi connectivity index (χ4v) is 3.72. The second-order valence-electron chi connectivity index (χ2n) is 8.45. The van der Waals surface area contributed by atoms with E-state index in [1.807, 2.05) is 26.8 Å². The Morgan fingerprint density at radius 1 is 1.33 bits per heavy atom. The van der Waals surface area contributed by atoms with Crippen LogP contribution in [-0.2, 0) is 23.4 Å². The number of hydrogen-bond donors (Lipinski definition) is 0. The monoisotopic (exact) mass is 358 g/mol. The second kappa shape index (κ2) is 7.68. The van der Waals surface area contributed by atoms with Crippen molar-refractivity contribution in [3.8, 4) is 0 Å². The van der Waals surface area contributed by atoms with Gasteiger partial charge >= 0.3 is 5.97 Å². The van der Waals surface area contributed by atoms with Gasteiger partial charge in [0.1, 0.15) is 6.10 Å². The van der Waals surface area contributed by atoms with E-state index in [0.29, 0.717) is 6.61 Å². The quantitative estimate of drug-likeness (QED) is 0.409. The first-order chi connectivity index (χ1) is 10.8. The first-order valence-corrected chi connectivity index (χ1v) is 11.5. The largest absolute Gasteiger partial charge is 0.466 e. The van der Waals surface area contributed by atoms with Crippen LogP contribution in [0.2, 0.25) is 18.1 Å². The molecule has 0 aliphatic carbocycles. The zero-order valence-corrected chi connectivity index (χ0v) is 17.6. The molecule has 0 spiro atoms. The van der Waals surface area contributed by atoms with Crippen molar-refractivity contribution in [3.05, 3.63) is 12.2 Å². The molecule has 6 heteroatoms. The summed E-state index contributed by atoms with van der Waals surface area (Å²) in [4.78, 5) is 11.4. The molecule has 1 aliphatic rings. The van der Waals surface area contributed by atoms with Gasteiger partial charge in [0.2, 0.25) is 0 Å². The maximum absolute atomic E-state index is 11.4. The van der Waals surface area contributed by atoms with Gasteiger partial charge in [0.25, 0.3) is 0 Å². The number of ether oxygens (including phenoxy) is 3. The third-order valence-corrected chi connectivity index (χ3v) is 9.36. The summed E-state index contributed by atoms with van der Waals surface area (Å²) in [7, 11) is -0.622. The summed E-state index contributed by atoms with van der Waals surface area (Å²) in [5.74, 6) is -0.969. The molecule has 1 saturated heterocycles. The van der Waals surface area contributed by atoms with E-state index in [-0.39, 0.29) is 29.1 Å². The zero-order chi connectivity index (χ0) is 18.8. The Hall–Kier alpha value is -0.693. The fourth-order valence-electron chi connectivity index (χ4n) is 2.32. The van der Waals surface area contributed by atoms with E-state index in [4.69, 9.17) is 13.9 Å². The summed E-state index contributed by atoms with van der Waals surface area (Å²) in [6.07, 6.45) is 2.95. The second-order valence-corrected chi connectivity index (χ2v) is 13.2. The van der Waals surface area contributed by atoms with Crippen molar-refractivity contribution in [2.24, 2.45) is 5.92 Å². The molecule has 3 atom stereocenters. The number of hydrogen-bond acceptors (Lipinski definition) is 5. The summed E-state index contributed by atoms with van der Waals surface area (Å²) in [6, 6.07) is 0. The molecule has 0 aromatic heterocycles. The van der Waals surface area contributed by atoms with Crippen LogP contribution < -0.4 is 0 Å². The highest BCUT2D eigenvalue weighted by Gasteiger charge is 2.45. The highest BCUT2D eigenvalue weighted by Crippen LogP contribution is 2.40. The van der Waals surface area contributed by atoms with E-state index in [0.717, 1.165) is 0 Å². The van der Waals surface area contributed by atoms with E-state index < -0.39 is 14.1 Å². The van der Waals surface area contributed by atoms with Crippen LogP contribution in [0.5, 0.6) is 0 Å². The Labute approximate surface area is 147 Å². The normalized spacial score (nSPS) is 24.1. The third kappa shape index (κ3) is 5.69. The molecule has 0 bridgehead atoms. The van der Waals surface area contributed by atoms with E-state index in [9.17, 15) is 4.79 Å². The van der Waals surface area contributed by atoms with Crippen molar-refractivity contribution in [1.29, 1.82) is 0 Å². The molecule has 1 fully saturated rings. The van der Waals surface area contributed by atoms with Crippen LogP contribution in [-0.4, -0.2) is 46.0 Å². The number of esters is 1. The molecule has 0 radical (unpaired) electrons. The van der Waals surface area contributed by atoms with Crippen LogP contribution in [0, 0.1) is 5.92 Å². The molecule has 0 saturated carbocycles. The van der Waals surface area contributed by atoms with Crippen LogP contribution in [0.3, 0.4) is 0 Å². The lowest BCUT2D eigenvalue weighted by Gasteiger charge is -2.42. The van der Waals surface area contributed by atoms with Crippen LogP contribution >= 0.6 is 0 Å². The predicted octanol–water partition coefficient (Wildman–Crippen LogP) is 3.89. The predicted molar refractivity (Wildman–Crippen MR) is 97.3 cm³/mol. The maximum Gasteiger partial charge on any atom is 0.330 e. The minimum atomic E-state index is -1.99. The van der Waals surface area contributed by atoms with Crippen LogP contribution in [0.25, 0.3) is 0 Å². The Kier molecular flexibility index (Phi) is 6.83. The summed E-state index contributed by atoms with van der Waals surface area (Å²) >= 11 is 0. The molecule has 5 nitrogen and oxygen atoms in total. The van der Waals surface area contributed by atoms with Gasteiger partial charge in [-0.3, -0.25) is 0 Å². The van der Waals surface area contributed by atoms with Gasteiger partial charge in [-0.1, -0.05) is 33.8 Å². The average molecular weight is 359 g/mol. The minimum absolute atomic E-state index is 0.000671. The van der Waals surface area contributed by atoms with Crippen molar-refractivity contribution in [2.75, 3.05) is 13.7 Å². The lowest BCUT2D eigenvalue weighted by molar-refractivity contribution is -0.152. The smallest absolute Gasteiger partial charge is 0.330 e. The van der Waals surface area contributed by atoms with Gasteiger partial charge in [-0.2, -0.15) is 0 Å². The van der Waals surface area contributed by atoms with E-state index in [1.54, 1.807) is 0 Å². The van der Waals surface area contributed by atoms with Crippen molar-refractivity contribution in [1.82, 2.24) is 0 Å². The molecular weight excluding hydrogens is 324 g/mol. The van der Waals surface area contributed by atoms with Gasteiger partial charge in [0.15, 0.2) is 14.1 Å². The summed E-state index contributed by atoms with van der Waals surface area (Å²) < 4.78 is 23.1. The average Bonchev–Trinajstić information content (AvgIpc) is 2.80. The van der Waals surface area contributed by atoms with Gasteiger partial charge in [-0.05, 0) is 32.0 Å². The van der Waals surface area contributed by atoms with Gasteiger partial charge in [-0.25, -0.2) is 4.79 Å². The Morgan fingerprint density at radius 2 is 1.92 bits per heavy atom. The molecule has 0 N–H and O–H groups in total. The standard InChI is InChI=1S/C18H34O5Si/c1-13(10-11-15(19)20-7)16(14-12-21-18(5,6)22-14)23-24(8,9)17(2,3)4/h10-11,13-14,16H,12H2,1-9H3/b11-10+/t13-,14-,16+/m1/s1. The summed E-state index contributed by atoms with van der Waals surface area (Å²) in [5, 5.41) is 0.0893.